The predicted octanol–water partition coefficient (Wildman–Crippen LogP) is 1.52. The van der Waals surface area contributed by atoms with Crippen LogP contribution in [-0.4, -0.2) is 29.7 Å². The molecule has 3 N–H and O–H groups in total. The molecule has 0 aliphatic heterocycles. The SMILES string of the molecule is COc1cccc(-c2noc(C(C)NC(=O)C(C)CN)n2)c1. The van der Waals surface area contributed by atoms with Crippen LogP contribution in [0.25, 0.3) is 11.4 Å². The first kappa shape index (κ1) is 16.0. The van der Waals surface area contributed by atoms with Gasteiger partial charge >= 0.3 is 0 Å². The molecule has 0 saturated heterocycles. The Labute approximate surface area is 128 Å². The lowest BCUT2D eigenvalue weighted by molar-refractivity contribution is -0.125. The fourth-order valence-corrected chi connectivity index (χ4v) is 1.81. The first-order valence-corrected chi connectivity index (χ1v) is 7.03. The topological polar surface area (TPSA) is 103 Å². The zero-order valence-electron chi connectivity index (χ0n) is 12.9. The van der Waals surface area contributed by atoms with E-state index in [0.717, 1.165) is 5.56 Å². The summed E-state index contributed by atoms with van der Waals surface area (Å²) >= 11 is 0. The molecule has 0 spiro atoms. The van der Waals surface area contributed by atoms with Crippen molar-refractivity contribution >= 4 is 5.91 Å². The maximum atomic E-state index is 11.8. The van der Waals surface area contributed by atoms with Crippen LogP contribution in [0.1, 0.15) is 25.8 Å². The molecule has 1 heterocycles. The van der Waals surface area contributed by atoms with Gasteiger partial charge in [-0.2, -0.15) is 4.98 Å². The highest BCUT2D eigenvalue weighted by atomic mass is 16.5. The minimum Gasteiger partial charge on any atom is -0.497 e. The molecule has 2 unspecified atom stereocenters. The molecule has 2 atom stereocenters. The van der Waals surface area contributed by atoms with E-state index in [4.69, 9.17) is 15.0 Å². The summed E-state index contributed by atoms with van der Waals surface area (Å²) in [5.74, 6) is 1.10. The summed E-state index contributed by atoms with van der Waals surface area (Å²) in [5, 5.41) is 6.73. The molecule has 0 saturated carbocycles. The fourth-order valence-electron chi connectivity index (χ4n) is 1.81. The highest BCUT2D eigenvalue weighted by molar-refractivity contribution is 5.78. The molecule has 7 heteroatoms. The number of rotatable bonds is 6. The first-order chi connectivity index (χ1) is 10.5. The summed E-state index contributed by atoms with van der Waals surface area (Å²) in [5.41, 5.74) is 6.25. The van der Waals surface area contributed by atoms with E-state index in [0.29, 0.717) is 17.5 Å². The van der Waals surface area contributed by atoms with E-state index in [1.807, 2.05) is 24.3 Å². The number of benzene rings is 1. The molecular weight excluding hydrogens is 284 g/mol. The molecule has 2 rings (SSSR count). The second-order valence-electron chi connectivity index (χ2n) is 5.06. The molecular formula is C15H20N4O3. The van der Waals surface area contributed by atoms with Gasteiger partial charge < -0.3 is 20.3 Å². The van der Waals surface area contributed by atoms with Gasteiger partial charge in [0.2, 0.25) is 17.6 Å². The Bertz CT molecular complexity index is 641. The Balaban J connectivity index is 2.12. The average Bonchev–Trinajstić information content (AvgIpc) is 3.04. The third-order valence-corrected chi connectivity index (χ3v) is 3.30. The molecule has 0 aliphatic rings. The smallest absolute Gasteiger partial charge is 0.249 e. The highest BCUT2D eigenvalue weighted by Gasteiger charge is 2.19. The zero-order valence-corrected chi connectivity index (χ0v) is 12.9. The number of nitrogens with two attached hydrogens (primary N) is 1. The van der Waals surface area contributed by atoms with Crippen molar-refractivity contribution in [2.75, 3.05) is 13.7 Å². The molecule has 0 radical (unpaired) electrons. The van der Waals surface area contributed by atoms with E-state index in [2.05, 4.69) is 15.5 Å². The molecule has 22 heavy (non-hydrogen) atoms. The number of carbonyl (C=O) groups excluding carboxylic acids is 1. The number of methoxy groups -OCH3 is 1. The van der Waals surface area contributed by atoms with Gasteiger partial charge in [0.05, 0.1) is 7.11 Å². The van der Waals surface area contributed by atoms with Crippen molar-refractivity contribution in [1.29, 1.82) is 0 Å². The van der Waals surface area contributed by atoms with Crippen LogP contribution in [0.5, 0.6) is 5.75 Å². The van der Waals surface area contributed by atoms with Crippen molar-refractivity contribution in [2.24, 2.45) is 11.7 Å². The second-order valence-corrected chi connectivity index (χ2v) is 5.06. The summed E-state index contributed by atoms with van der Waals surface area (Å²) in [7, 11) is 1.59. The van der Waals surface area contributed by atoms with Gasteiger partial charge in [0.1, 0.15) is 11.8 Å². The first-order valence-electron chi connectivity index (χ1n) is 7.03. The van der Waals surface area contributed by atoms with Crippen molar-refractivity contribution in [1.82, 2.24) is 15.5 Å². The maximum Gasteiger partial charge on any atom is 0.249 e. The molecule has 1 aromatic heterocycles. The summed E-state index contributed by atoms with van der Waals surface area (Å²) < 4.78 is 10.4. The molecule has 0 aliphatic carbocycles. The minimum absolute atomic E-state index is 0.142. The zero-order chi connectivity index (χ0) is 16.1. The van der Waals surface area contributed by atoms with Crippen LogP contribution in [0, 0.1) is 5.92 Å². The summed E-state index contributed by atoms with van der Waals surface area (Å²) in [4.78, 5) is 16.1. The number of carbonyl (C=O) groups is 1. The fraction of sp³-hybridized carbons (Fsp3) is 0.400. The van der Waals surface area contributed by atoms with E-state index in [1.54, 1.807) is 21.0 Å². The Morgan fingerprint density at radius 1 is 1.45 bits per heavy atom. The van der Waals surface area contributed by atoms with Crippen molar-refractivity contribution in [2.45, 2.75) is 19.9 Å². The van der Waals surface area contributed by atoms with Crippen molar-refractivity contribution in [3.8, 4) is 17.1 Å². The van der Waals surface area contributed by atoms with Crippen LogP contribution in [0.4, 0.5) is 0 Å². The Morgan fingerprint density at radius 3 is 2.91 bits per heavy atom. The number of ether oxygens (including phenoxy) is 1. The van der Waals surface area contributed by atoms with Gasteiger partial charge in [-0.25, -0.2) is 0 Å². The van der Waals surface area contributed by atoms with Gasteiger partial charge in [-0.1, -0.05) is 24.2 Å². The minimum atomic E-state index is -0.381. The molecule has 0 bridgehead atoms. The van der Waals surface area contributed by atoms with Gasteiger partial charge in [0.15, 0.2) is 0 Å². The Hall–Kier alpha value is -2.41. The summed E-state index contributed by atoms with van der Waals surface area (Å²) in [6.07, 6.45) is 0. The van der Waals surface area contributed by atoms with Crippen LogP contribution >= 0.6 is 0 Å². The predicted molar refractivity (Wildman–Crippen MR) is 81.1 cm³/mol. The van der Waals surface area contributed by atoms with Crippen LogP contribution < -0.4 is 15.8 Å². The van der Waals surface area contributed by atoms with Gasteiger partial charge in [0.25, 0.3) is 0 Å². The van der Waals surface area contributed by atoms with Gasteiger partial charge in [-0.3, -0.25) is 4.79 Å². The highest BCUT2D eigenvalue weighted by Crippen LogP contribution is 2.22. The number of nitrogens with one attached hydrogen (secondary N) is 1. The van der Waals surface area contributed by atoms with E-state index < -0.39 is 0 Å². The third kappa shape index (κ3) is 3.62. The lowest BCUT2D eigenvalue weighted by atomic mass is 10.1. The van der Waals surface area contributed by atoms with E-state index in [-0.39, 0.29) is 24.4 Å². The summed E-state index contributed by atoms with van der Waals surface area (Å²) in [6, 6.07) is 6.97. The van der Waals surface area contributed by atoms with E-state index >= 15 is 0 Å². The molecule has 118 valence electrons. The molecule has 1 amide bonds. The molecule has 1 aromatic carbocycles. The van der Waals surface area contributed by atoms with Gasteiger partial charge in [0, 0.05) is 18.0 Å². The van der Waals surface area contributed by atoms with Crippen LogP contribution in [0.15, 0.2) is 28.8 Å². The number of aromatic nitrogens is 2. The van der Waals surface area contributed by atoms with Crippen LogP contribution in [0.2, 0.25) is 0 Å². The largest absolute Gasteiger partial charge is 0.497 e. The van der Waals surface area contributed by atoms with Crippen LogP contribution in [-0.2, 0) is 4.79 Å². The van der Waals surface area contributed by atoms with Crippen molar-refractivity contribution in [3.63, 3.8) is 0 Å². The number of hydrogen-bond acceptors (Lipinski definition) is 6. The summed E-state index contributed by atoms with van der Waals surface area (Å²) in [6.45, 7) is 3.83. The molecule has 0 fully saturated rings. The standard InChI is InChI=1S/C15H20N4O3/c1-9(8-16)14(20)17-10(2)15-18-13(19-22-15)11-5-4-6-12(7-11)21-3/h4-7,9-10H,8,16H2,1-3H3,(H,17,20). The van der Waals surface area contributed by atoms with Crippen molar-refractivity contribution in [3.05, 3.63) is 30.2 Å². The quantitative estimate of drug-likeness (QED) is 0.838. The van der Waals surface area contributed by atoms with Gasteiger partial charge in [-0.15, -0.1) is 0 Å². The average molecular weight is 304 g/mol. The lowest BCUT2D eigenvalue weighted by Crippen LogP contribution is -2.35. The van der Waals surface area contributed by atoms with Crippen molar-refractivity contribution < 1.29 is 14.1 Å². The Kier molecular flexibility index (Phi) is 5.11. The van der Waals surface area contributed by atoms with E-state index in [1.165, 1.54) is 0 Å². The number of nitrogens with zero attached hydrogens (tertiary/aromatic N) is 2. The normalized spacial score (nSPS) is 13.5. The second kappa shape index (κ2) is 7.04. The third-order valence-electron chi connectivity index (χ3n) is 3.30. The van der Waals surface area contributed by atoms with E-state index in [9.17, 15) is 4.79 Å². The maximum absolute atomic E-state index is 11.8. The number of amides is 1. The Morgan fingerprint density at radius 2 is 2.23 bits per heavy atom. The molecule has 2 aromatic rings. The molecule has 7 nitrogen and oxygen atoms in total. The van der Waals surface area contributed by atoms with Gasteiger partial charge in [-0.05, 0) is 19.1 Å². The monoisotopic (exact) mass is 304 g/mol. The lowest BCUT2D eigenvalue weighted by Gasteiger charge is -2.13. The van der Waals surface area contributed by atoms with Crippen LogP contribution in [0.3, 0.4) is 0 Å². The number of hydrogen-bond donors (Lipinski definition) is 2.